The fourth-order valence-electron chi connectivity index (χ4n) is 1.86. The molecule has 0 unspecified atom stereocenters. The number of rotatable bonds is 10. The van der Waals surface area contributed by atoms with Gasteiger partial charge in [-0.2, -0.15) is 0 Å². The van der Waals surface area contributed by atoms with Crippen molar-refractivity contribution < 1.29 is 33.3 Å². The van der Waals surface area contributed by atoms with E-state index in [1.807, 2.05) is 0 Å². The maximum atomic E-state index is 11.9. The molecule has 0 aliphatic heterocycles. The van der Waals surface area contributed by atoms with Gasteiger partial charge in [-0.05, 0) is 44.5 Å². The summed E-state index contributed by atoms with van der Waals surface area (Å²) in [5.74, 6) is -1.40. The monoisotopic (exact) mass is 376 g/mol. The summed E-state index contributed by atoms with van der Waals surface area (Å²) in [6.45, 7) is 8.95. The molecular formula is C20H24O7. The first-order chi connectivity index (χ1) is 12.9. The Bertz CT molecular complexity index is 682. The van der Waals surface area contributed by atoms with Crippen LogP contribution in [0.1, 0.15) is 26.3 Å². The third kappa shape index (κ3) is 7.77. The molecule has 146 valence electrons. The average molecular weight is 376 g/mol. The zero-order valence-electron chi connectivity index (χ0n) is 15.8. The molecule has 0 atom stereocenters. The molecule has 0 aliphatic rings. The van der Waals surface area contributed by atoms with E-state index in [0.717, 1.165) is 0 Å². The van der Waals surface area contributed by atoms with Crippen LogP contribution in [-0.2, 0) is 28.6 Å². The van der Waals surface area contributed by atoms with Crippen molar-refractivity contribution in [1.82, 2.24) is 0 Å². The molecule has 0 saturated carbocycles. The van der Waals surface area contributed by atoms with Gasteiger partial charge >= 0.3 is 17.9 Å². The lowest BCUT2D eigenvalue weighted by Gasteiger charge is -2.08. The van der Waals surface area contributed by atoms with Crippen LogP contribution < -0.4 is 4.74 Å². The van der Waals surface area contributed by atoms with Gasteiger partial charge in [-0.15, -0.1) is 0 Å². The van der Waals surface area contributed by atoms with Crippen LogP contribution in [0.2, 0.25) is 0 Å². The van der Waals surface area contributed by atoms with E-state index in [9.17, 15) is 14.4 Å². The van der Waals surface area contributed by atoms with Crippen molar-refractivity contribution in [2.24, 2.45) is 0 Å². The molecular weight excluding hydrogens is 352 g/mol. The van der Waals surface area contributed by atoms with E-state index in [4.69, 9.17) is 18.9 Å². The van der Waals surface area contributed by atoms with E-state index in [1.54, 1.807) is 45.0 Å². The largest absolute Gasteiger partial charge is 0.490 e. The highest BCUT2D eigenvalue weighted by Crippen LogP contribution is 2.16. The molecule has 0 spiro atoms. The number of benzene rings is 1. The quantitative estimate of drug-likeness (QED) is 0.155. The molecule has 0 heterocycles. The summed E-state index contributed by atoms with van der Waals surface area (Å²) in [4.78, 5) is 35.1. The predicted molar refractivity (Wildman–Crippen MR) is 99.0 cm³/mol. The fraction of sp³-hybridized carbons (Fsp3) is 0.350. The van der Waals surface area contributed by atoms with Crippen molar-refractivity contribution in [2.75, 3.05) is 26.4 Å². The Morgan fingerprint density at radius 1 is 0.889 bits per heavy atom. The second-order valence-corrected chi connectivity index (χ2v) is 5.33. The summed E-state index contributed by atoms with van der Waals surface area (Å²) >= 11 is 0. The molecule has 0 aliphatic carbocycles. The molecule has 0 aromatic heterocycles. The lowest BCUT2D eigenvalue weighted by molar-refractivity contribution is -0.146. The Balaban J connectivity index is 2.72. The SMILES string of the molecule is C=C(C)C(=O)OCCOc1ccc(C=C(C(=O)OCC)C(=O)OCC)cc1. The Hall–Kier alpha value is -3.09. The molecule has 27 heavy (non-hydrogen) atoms. The van der Waals surface area contributed by atoms with Gasteiger partial charge in [0.1, 0.15) is 24.5 Å². The highest BCUT2D eigenvalue weighted by atomic mass is 16.6. The fourth-order valence-corrected chi connectivity index (χ4v) is 1.86. The second kappa shape index (κ2) is 11.5. The summed E-state index contributed by atoms with van der Waals surface area (Å²) in [6.07, 6.45) is 1.40. The van der Waals surface area contributed by atoms with E-state index >= 15 is 0 Å². The minimum Gasteiger partial charge on any atom is -0.490 e. The van der Waals surface area contributed by atoms with Crippen molar-refractivity contribution in [1.29, 1.82) is 0 Å². The first-order valence-corrected chi connectivity index (χ1v) is 8.50. The van der Waals surface area contributed by atoms with Gasteiger partial charge in [-0.25, -0.2) is 14.4 Å². The molecule has 1 rings (SSSR count). The molecule has 0 N–H and O–H groups in total. The van der Waals surface area contributed by atoms with Crippen LogP contribution in [0.15, 0.2) is 42.0 Å². The molecule has 7 nitrogen and oxygen atoms in total. The standard InChI is InChI=1S/C20H24O7/c1-5-24-19(22)17(20(23)25-6-2)13-15-7-9-16(10-8-15)26-11-12-27-18(21)14(3)4/h7-10,13H,3,5-6,11-12H2,1-2,4H3. The van der Waals surface area contributed by atoms with Crippen LogP contribution in [-0.4, -0.2) is 44.3 Å². The van der Waals surface area contributed by atoms with Gasteiger partial charge in [-0.3, -0.25) is 0 Å². The van der Waals surface area contributed by atoms with Crippen LogP contribution in [0.5, 0.6) is 5.75 Å². The Morgan fingerprint density at radius 3 is 1.93 bits per heavy atom. The molecule has 1 aromatic rings. The summed E-state index contributed by atoms with van der Waals surface area (Å²) in [7, 11) is 0. The molecule has 1 aromatic carbocycles. The topological polar surface area (TPSA) is 88.1 Å². The normalized spacial score (nSPS) is 9.74. The molecule has 0 amide bonds. The third-order valence-electron chi connectivity index (χ3n) is 3.12. The summed E-state index contributed by atoms with van der Waals surface area (Å²) < 4.78 is 20.2. The third-order valence-corrected chi connectivity index (χ3v) is 3.12. The van der Waals surface area contributed by atoms with E-state index in [0.29, 0.717) is 16.9 Å². The van der Waals surface area contributed by atoms with Gasteiger partial charge in [0, 0.05) is 5.57 Å². The van der Waals surface area contributed by atoms with Crippen molar-refractivity contribution in [2.45, 2.75) is 20.8 Å². The van der Waals surface area contributed by atoms with Crippen LogP contribution in [0, 0.1) is 0 Å². The smallest absolute Gasteiger partial charge is 0.345 e. The average Bonchev–Trinajstić information content (AvgIpc) is 2.64. The van der Waals surface area contributed by atoms with Gasteiger partial charge in [0.2, 0.25) is 0 Å². The zero-order chi connectivity index (χ0) is 20.2. The Morgan fingerprint density at radius 2 is 1.44 bits per heavy atom. The summed E-state index contributed by atoms with van der Waals surface area (Å²) in [5, 5.41) is 0. The Kier molecular flexibility index (Phi) is 9.36. The van der Waals surface area contributed by atoms with Crippen molar-refractivity contribution >= 4 is 24.0 Å². The van der Waals surface area contributed by atoms with Gasteiger partial charge in [-0.1, -0.05) is 18.7 Å². The first-order valence-electron chi connectivity index (χ1n) is 8.50. The number of hydrogen-bond acceptors (Lipinski definition) is 7. The molecule has 0 radical (unpaired) electrons. The van der Waals surface area contributed by atoms with Crippen LogP contribution in [0.4, 0.5) is 0 Å². The highest BCUT2D eigenvalue weighted by molar-refractivity contribution is 6.17. The lowest BCUT2D eigenvalue weighted by Crippen LogP contribution is -2.18. The molecule has 0 fully saturated rings. The van der Waals surface area contributed by atoms with Gasteiger partial charge < -0.3 is 18.9 Å². The zero-order valence-corrected chi connectivity index (χ0v) is 15.8. The first kappa shape index (κ1) is 22.0. The molecule has 0 bridgehead atoms. The van der Waals surface area contributed by atoms with E-state index in [1.165, 1.54) is 6.08 Å². The van der Waals surface area contributed by atoms with E-state index < -0.39 is 17.9 Å². The highest BCUT2D eigenvalue weighted by Gasteiger charge is 2.20. The Labute approximate surface area is 158 Å². The number of carbonyl (C=O) groups excluding carboxylic acids is 3. The maximum absolute atomic E-state index is 11.9. The minimum absolute atomic E-state index is 0.100. The summed E-state index contributed by atoms with van der Waals surface area (Å²) in [6, 6.07) is 6.68. The second-order valence-electron chi connectivity index (χ2n) is 5.33. The van der Waals surface area contributed by atoms with Crippen LogP contribution in [0.25, 0.3) is 6.08 Å². The lowest BCUT2D eigenvalue weighted by atomic mass is 10.1. The summed E-state index contributed by atoms with van der Waals surface area (Å²) in [5.41, 5.74) is 0.747. The van der Waals surface area contributed by atoms with Gasteiger partial charge in [0.05, 0.1) is 13.2 Å². The van der Waals surface area contributed by atoms with E-state index in [-0.39, 0.29) is 32.0 Å². The van der Waals surface area contributed by atoms with Gasteiger partial charge in [0.15, 0.2) is 0 Å². The van der Waals surface area contributed by atoms with Crippen LogP contribution in [0.3, 0.4) is 0 Å². The number of ether oxygens (including phenoxy) is 4. The molecule has 0 saturated heterocycles. The van der Waals surface area contributed by atoms with Crippen molar-refractivity contribution in [3.63, 3.8) is 0 Å². The predicted octanol–water partition coefficient (Wildman–Crippen LogP) is 2.69. The number of esters is 3. The van der Waals surface area contributed by atoms with Gasteiger partial charge in [0.25, 0.3) is 0 Å². The van der Waals surface area contributed by atoms with Crippen molar-refractivity contribution in [3.8, 4) is 5.75 Å². The number of hydrogen-bond donors (Lipinski definition) is 0. The minimum atomic E-state index is -0.740. The molecule has 7 heteroatoms. The van der Waals surface area contributed by atoms with Crippen LogP contribution >= 0.6 is 0 Å². The maximum Gasteiger partial charge on any atom is 0.345 e. The van der Waals surface area contributed by atoms with Crippen molar-refractivity contribution in [3.05, 3.63) is 47.6 Å². The van der Waals surface area contributed by atoms with E-state index in [2.05, 4.69) is 6.58 Å². The number of carbonyl (C=O) groups is 3.